The van der Waals surface area contributed by atoms with Crippen LogP contribution in [0.2, 0.25) is 0 Å². The summed E-state index contributed by atoms with van der Waals surface area (Å²) in [4.78, 5) is 15.4. The van der Waals surface area contributed by atoms with Gasteiger partial charge in [-0.05, 0) is 25.1 Å². The second-order valence-corrected chi connectivity index (χ2v) is 4.49. The molecule has 0 amide bonds. The number of benzene rings is 1. The molecule has 0 saturated heterocycles. The summed E-state index contributed by atoms with van der Waals surface area (Å²) in [5, 5.41) is 0. The summed E-state index contributed by atoms with van der Waals surface area (Å²) >= 11 is 3.14. The first kappa shape index (κ1) is 13.5. The molecule has 0 radical (unpaired) electrons. The third kappa shape index (κ3) is 2.76. The Balaban J connectivity index is 2.42. The smallest absolute Gasteiger partial charge is 0.362 e. The van der Waals surface area contributed by atoms with E-state index < -0.39 is 11.8 Å². The highest BCUT2D eigenvalue weighted by atomic mass is 79.9. The molecule has 2 N–H and O–H groups in total. The molecule has 2 aromatic rings. The van der Waals surface area contributed by atoms with Crippen LogP contribution in [0, 0.1) is 5.82 Å². The predicted molar refractivity (Wildman–Crippen MR) is 70.0 cm³/mol. The van der Waals surface area contributed by atoms with Crippen molar-refractivity contribution in [3.05, 3.63) is 34.2 Å². The number of hydrogen-bond acceptors (Lipinski definition) is 5. The SMILES string of the molecule is CCOC(=O)c1nc(-c2ccc(Br)cc2F)oc1N. The molecule has 7 heteroatoms. The fourth-order valence-corrected chi connectivity index (χ4v) is 1.79. The summed E-state index contributed by atoms with van der Waals surface area (Å²) in [6.07, 6.45) is 0. The van der Waals surface area contributed by atoms with Crippen LogP contribution >= 0.6 is 15.9 Å². The topological polar surface area (TPSA) is 78.3 Å². The highest BCUT2D eigenvalue weighted by Gasteiger charge is 2.21. The van der Waals surface area contributed by atoms with Crippen molar-refractivity contribution in [2.45, 2.75) is 6.92 Å². The number of nitrogens with zero attached hydrogens (tertiary/aromatic N) is 1. The molecule has 0 unspecified atom stereocenters. The number of oxazole rings is 1. The molecule has 0 fully saturated rings. The quantitative estimate of drug-likeness (QED) is 0.876. The molecule has 0 aliphatic carbocycles. The average Bonchev–Trinajstić information content (AvgIpc) is 2.71. The van der Waals surface area contributed by atoms with Gasteiger partial charge in [-0.15, -0.1) is 0 Å². The molecule has 0 spiro atoms. The van der Waals surface area contributed by atoms with Gasteiger partial charge >= 0.3 is 5.97 Å². The second-order valence-electron chi connectivity index (χ2n) is 3.58. The van der Waals surface area contributed by atoms with Gasteiger partial charge in [-0.2, -0.15) is 4.98 Å². The minimum atomic E-state index is -0.701. The van der Waals surface area contributed by atoms with E-state index in [0.717, 1.165) is 0 Å². The van der Waals surface area contributed by atoms with Crippen molar-refractivity contribution >= 4 is 27.8 Å². The Morgan fingerprint density at radius 1 is 1.58 bits per heavy atom. The molecule has 0 saturated carbocycles. The van der Waals surface area contributed by atoms with Gasteiger partial charge in [0.15, 0.2) is 0 Å². The van der Waals surface area contributed by atoms with E-state index >= 15 is 0 Å². The molecule has 100 valence electrons. The van der Waals surface area contributed by atoms with Crippen LogP contribution in [0.4, 0.5) is 10.3 Å². The Labute approximate surface area is 116 Å². The first-order valence-corrected chi connectivity index (χ1v) is 6.21. The Morgan fingerprint density at radius 3 is 2.95 bits per heavy atom. The van der Waals surface area contributed by atoms with Gasteiger partial charge in [0.2, 0.25) is 17.5 Å². The average molecular weight is 329 g/mol. The van der Waals surface area contributed by atoms with Crippen LogP contribution in [-0.2, 0) is 4.74 Å². The number of anilines is 1. The Bertz CT molecular complexity index is 627. The van der Waals surface area contributed by atoms with Crippen LogP contribution in [0.3, 0.4) is 0 Å². The maximum absolute atomic E-state index is 13.7. The van der Waals surface area contributed by atoms with Gasteiger partial charge in [-0.25, -0.2) is 9.18 Å². The molecular formula is C12H10BrFN2O3. The van der Waals surface area contributed by atoms with Crippen molar-refractivity contribution in [3.8, 4) is 11.5 Å². The number of carbonyl (C=O) groups excluding carboxylic acids is 1. The zero-order chi connectivity index (χ0) is 14.0. The number of esters is 1. The van der Waals surface area contributed by atoms with Gasteiger partial charge in [0, 0.05) is 4.47 Å². The normalized spacial score (nSPS) is 10.5. The monoisotopic (exact) mass is 328 g/mol. The number of nitrogens with two attached hydrogens (primary N) is 1. The maximum atomic E-state index is 13.7. The van der Waals surface area contributed by atoms with Gasteiger partial charge < -0.3 is 14.9 Å². The lowest BCUT2D eigenvalue weighted by atomic mass is 10.2. The van der Waals surface area contributed by atoms with Crippen LogP contribution < -0.4 is 5.73 Å². The van der Waals surface area contributed by atoms with E-state index in [-0.39, 0.29) is 29.6 Å². The van der Waals surface area contributed by atoms with Crippen LogP contribution in [0.15, 0.2) is 27.1 Å². The number of nitrogen functional groups attached to an aromatic ring is 1. The van der Waals surface area contributed by atoms with Gasteiger partial charge in [-0.3, -0.25) is 0 Å². The van der Waals surface area contributed by atoms with Gasteiger partial charge in [-0.1, -0.05) is 15.9 Å². The minimum Gasteiger partial charge on any atom is -0.461 e. The number of carbonyl (C=O) groups is 1. The molecule has 1 heterocycles. The van der Waals surface area contributed by atoms with E-state index in [9.17, 15) is 9.18 Å². The van der Waals surface area contributed by atoms with Crippen molar-refractivity contribution in [2.75, 3.05) is 12.3 Å². The van der Waals surface area contributed by atoms with Crippen LogP contribution in [0.1, 0.15) is 17.4 Å². The molecule has 2 rings (SSSR count). The first-order chi connectivity index (χ1) is 9.02. The van der Waals surface area contributed by atoms with E-state index in [1.807, 2.05) is 0 Å². The van der Waals surface area contributed by atoms with Crippen molar-refractivity contribution in [3.63, 3.8) is 0 Å². The zero-order valence-corrected chi connectivity index (χ0v) is 11.5. The van der Waals surface area contributed by atoms with Crippen LogP contribution in [0.25, 0.3) is 11.5 Å². The highest BCUT2D eigenvalue weighted by molar-refractivity contribution is 9.10. The second kappa shape index (κ2) is 5.40. The first-order valence-electron chi connectivity index (χ1n) is 5.41. The molecular weight excluding hydrogens is 319 g/mol. The molecule has 0 atom stereocenters. The third-order valence-electron chi connectivity index (χ3n) is 2.28. The molecule has 5 nitrogen and oxygen atoms in total. The maximum Gasteiger partial charge on any atom is 0.362 e. The van der Waals surface area contributed by atoms with E-state index in [2.05, 4.69) is 20.9 Å². The lowest BCUT2D eigenvalue weighted by Crippen LogP contribution is -2.07. The van der Waals surface area contributed by atoms with Gasteiger partial charge in [0.25, 0.3) is 0 Å². The summed E-state index contributed by atoms with van der Waals surface area (Å²) < 4.78 is 24.2. The fourth-order valence-electron chi connectivity index (χ4n) is 1.46. The molecule has 0 aliphatic rings. The third-order valence-corrected chi connectivity index (χ3v) is 2.78. The van der Waals surface area contributed by atoms with Gasteiger partial charge in [0.1, 0.15) is 5.82 Å². The summed E-state index contributed by atoms with van der Waals surface area (Å²) in [6, 6.07) is 4.36. The Kier molecular flexibility index (Phi) is 3.84. The van der Waals surface area contributed by atoms with E-state index in [1.54, 1.807) is 13.0 Å². The van der Waals surface area contributed by atoms with Crippen LogP contribution in [-0.4, -0.2) is 17.6 Å². The molecule has 0 bridgehead atoms. The number of hydrogen-bond donors (Lipinski definition) is 1. The van der Waals surface area contributed by atoms with Crippen molar-refractivity contribution in [2.24, 2.45) is 0 Å². The molecule has 19 heavy (non-hydrogen) atoms. The largest absolute Gasteiger partial charge is 0.461 e. The van der Waals surface area contributed by atoms with Crippen LogP contribution in [0.5, 0.6) is 0 Å². The lowest BCUT2D eigenvalue weighted by Gasteiger charge is -1.98. The Hall–Kier alpha value is -1.89. The predicted octanol–water partition coefficient (Wildman–Crippen LogP) is 3.00. The van der Waals surface area contributed by atoms with Crippen molar-refractivity contribution < 1.29 is 18.3 Å². The zero-order valence-electron chi connectivity index (χ0n) is 9.94. The summed E-state index contributed by atoms with van der Waals surface area (Å²) in [5.74, 6) is -1.50. The summed E-state index contributed by atoms with van der Waals surface area (Å²) in [7, 11) is 0. The van der Waals surface area contributed by atoms with E-state index in [4.69, 9.17) is 14.9 Å². The summed E-state index contributed by atoms with van der Waals surface area (Å²) in [5.41, 5.74) is 5.49. The highest BCUT2D eigenvalue weighted by Crippen LogP contribution is 2.28. The van der Waals surface area contributed by atoms with Crippen molar-refractivity contribution in [1.29, 1.82) is 0 Å². The molecule has 1 aromatic carbocycles. The number of rotatable bonds is 3. The standard InChI is InChI=1S/C12H10BrFN2O3/c1-2-18-12(17)9-10(15)19-11(16-9)7-4-3-6(13)5-8(7)14/h3-5H,2,15H2,1H3. The fraction of sp³-hybridized carbons (Fsp3) is 0.167. The molecule has 1 aromatic heterocycles. The number of halogens is 2. The van der Waals surface area contributed by atoms with E-state index in [0.29, 0.717) is 4.47 Å². The van der Waals surface area contributed by atoms with Crippen molar-refractivity contribution in [1.82, 2.24) is 4.98 Å². The molecule has 0 aliphatic heterocycles. The number of ether oxygens (including phenoxy) is 1. The van der Waals surface area contributed by atoms with Gasteiger partial charge in [0.05, 0.1) is 12.2 Å². The summed E-state index contributed by atoms with van der Waals surface area (Å²) in [6.45, 7) is 1.84. The Morgan fingerprint density at radius 2 is 2.32 bits per heavy atom. The van der Waals surface area contributed by atoms with E-state index in [1.165, 1.54) is 12.1 Å². The minimum absolute atomic E-state index is 0.0643. The number of aromatic nitrogens is 1. The lowest BCUT2D eigenvalue weighted by molar-refractivity contribution is 0.0521.